The monoisotopic (exact) mass is 379 g/mol. The third-order valence-electron chi connectivity index (χ3n) is 3.96. The van der Waals surface area contributed by atoms with Crippen molar-refractivity contribution in [2.45, 2.75) is 25.3 Å². The van der Waals surface area contributed by atoms with E-state index in [-0.39, 0.29) is 5.91 Å². The van der Waals surface area contributed by atoms with Gasteiger partial charge < -0.3 is 10.0 Å². The van der Waals surface area contributed by atoms with Crippen LogP contribution in [-0.2, 0) is 17.5 Å². The smallest absolute Gasteiger partial charge is 0.251 e. The summed E-state index contributed by atoms with van der Waals surface area (Å²) in [6.45, 7) is 4.29. The van der Waals surface area contributed by atoms with Crippen molar-refractivity contribution >= 4 is 22.6 Å². The first-order chi connectivity index (χ1) is 13.0. The lowest BCUT2D eigenvalue weighted by Gasteiger charge is -2.11. The number of hydrogen-bond donors (Lipinski definition) is 2. The van der Waals surface area contributed by atoms with E-state index in [9.17, 15) is 9.00 Å². The van der Waals surface area contributed by atoms with E-state index in [0.717, 1.165) is 16.7 Å². The Hall–Kier alpha value is -2.99. The van der Waals surface area contributed by atoms with Crippen LogP contribution in [0.15, 0.2) is 71.9 Å². The van der Waals surface area contributed by atoms with E-state index in [4.69, 9.17) is 0 Å². The van der Waals surface area contributed by atoms with Crippen LogP contribution in [0.3, 0.4) is 0 Å². The van der Waals surface area contributed by atoms with Gasteiger partial charge in [0.15, 0.2) is 0 Å². The summed E-state index contributed by atoms with van der Waals surface area (Å²) in [6, 6.07) is 16.6. The summed E-state index contributed by atoms with van der Waals surface area (Å²) in [5.74, 6) is -0.188. The lowest BCUT2D eigenvalue weighted by atomic mass is 10.1. The molecule has 1 aromatic heterocycles. The number of carbonyl (C=O) groups is 1. The summed E-state index contributed by atoms with van der Waals surface area (Å²) >= 11 is 0. The molecule has 1 heterocycles. The van der Waals surface area contributed by atoms with Gasteiger partial charge in [-0.05, 0) is 61.4 Å². The number of benzene rings is 2. The number of aryl methyl sites for hydroxylation is 2. The van der Waals surface area contributed by atoms with Gasteiger partial charge in [0.05, 0.1) is 4.90 Å². The SMILES string of the molecule is Cc1ccc(S(=O)Nc2cc(C)cc(C(=O)NCc3cccnc3)c2)cc1. The number of aromatic nitrogens is 1. The Morgan fingerprint density at radius 3 is 2.52 bits per heavy atom. The molecule has 1 amide bonds. The average molecular weight is 379 g/mol. The first-order valence-electron chi connectivity index (χ1n) is 8.55. The Balaban J connectivity index is 1.70. The second-order valence-electron chi connectivity index (χ2n) is 6.32. The molecule has 0 bridgehead atoms. The van der Waals surface area contributed by atoms with E-state index in [2.05, 4.69) is 15.0 Å². The van der Waals surface area contributed by atoms with Crippen molar-refractivity contribution in [1.29, 1.82) is 0 Å². The molecule has 2 aromatic carbocycles. The molecule has 6 heteroatoms. The summed E-state index contributed by atoms with van der Waals surface area (Å²) in [5, 5.41) is 2.88. The van der Waals surface area contributed by atoms with Crippen LogP contribution in [0.25, 0.3) is 0 Å². The van der Waals surface area contributed by atoms with Crippen LogP contribution in [0.5, 0.6) is 0 Å². The average Bonchev–Trinajstić information content (AvgIpc) is 2.67. The molecule has 3 aromatic rings. The van der Waals surface area contributed by atoms with Gasteiger partial charge in [0.2, 0.25) is 0 Å². The minimum Gasteiger partial charge on any atom is -0.348 e. The predicted molar refractivity (Wildman–Crippen MR) is 108 cm³/mol. The molecule has 0 aliphatic rings. The zero-order valence-electron chi connectivity index (χ0n) is 15.2. The van der Waals surface area contributed by atoms with Crippen LogP contribution in [0.2, 0.25) is 0 Å². The highest BCUT2D eigenvalue weighted by Crippen LogP contribution is 2.18. The van der Waals surface area contributed by atoms with Crippen LogP contribution in [-0.4, -0.2) is 15.1 Å². The fraction of sp³-hybridized carbons (Fsp3) is 0.143. The van der Waals surface area contributed by atoms with E-state index in [1.807, 2.05) is 56.3 Å². The third-order valence-corrected chi connectivity index (χ3v) is 5.08. The number of hydrogen-bond acceptors (Lipinski definition) is 3. The van der Waals surface area contributed by atoms with Gasteiger partial charge in [-0.1, -0.05) is 23.8 Å². The molecule has 1 atom stereocenters. The first kappa shape index (κ1) is 18.8. The largest absolute Gasteiger partial charge is 0.348 e. The second-order valence-corrected chi connectivity index (χ2v) is 7.53. The maximum absolute atomic E-state index is 12.5. The lowest BCUT2D eigenvalue weighted by molar-refractivity contribution is 0.0951. The number of anilines is 1. The molecule has 0 aliphatic carbocycles. The van der Waals surface area contributed by atoms with Crippen molar-refractivity contribution in [2.75, 3.05) is 4.72 Å². The van der Waals surface area contributed by atoms with Gasteiger partial charge in [0.1, 0.15) is 11.0 Å². The molecule has 2 N–H and O–H groups in total. The first-order valence-corrected chi connectivity index (χ1v) is 9.70. The molecule has 138 valence electrons. The van der Waals surface area contributed by atoms with Gasteiger partial charge in [-0.25, -0.2) is 4.21 Å². The summed E-state index contributed by atoms with van der Waals surface area (Å²) in [6.07, 6.45) is 3.41. The summed E-state index contributed by atoms with van der Waals surface area (Å²) in [5.41, 5.74) is 4.10. The highest BCUT2D eigenvalue weighted by atomic mass is 32.2. The molecular formula is C21H21N3O2S. The van der Waals surface area contributed by atoms with E-state index >= 15 is 0 Å². The standard InChI is InChI=1S/C21H21N3O2S/c1-15-5-7-20(8-6-15)27(26)24-19-11-16(2)10-18(12-19)21(25)23-14-17-4-3-9-22-13-17/h3-13,24H,14H2,1-2H3,(H,23,25). The van der Waals surface area contributed by atoms with Gasteiger partial charge in [0, 0.05) is 30.2 Å². The topological polar surface area (TPSA) is 71.1 Å². The van der Waals surface area contributed by atoms with E-state index in [1.165, 1.54) is 0 Å². The van der Waals surface area contributed by atoms with Crippen molar-refractivity contribution in [3.8, 4) is 0 Å². The third kappa shape index (κ3) is 5.24. The molecule has 0 aliphatic heterocycles. The van der Waals surface area contributed by atoms with E-state index < -0.39 is 11.0 Å². The van der Waals surface area contributed by atoms with Gasteiger partial charge in [-0.2, -0.15) is 0 Å². The Labute approximate surface area is 161 Å². The fourth-order valence-electron chi connectivity index (χ4n) is 2.59. The molecule has 0 radical (unpaired) electrons. The Morgan fingerprint density at radius 1 is 1.04 bits per heavy atom. The highest BCUT2D eigenvalue weighted by Gasteiger charge is 2.10. The number of rotatable bonds is 6. The fourth-order valence-corrected chi connectivity index (χ4v) is 3.42. The summed E-state index contributed by atoms with van der Waals surface area (Å²) in [7, 11) is -1.40. The van der Waals surface area contributed by atoms with Crippen molar-refractivity contribution in [3.63, 3.8) is 0 Å². The van der Waals surface area contributed by atoms with E-state index in [0.29, 0.717) is 22.7 Å². The molecule has 0 saturated heterocycles. The van der Waals surface area contributed by atoms with Crippen LogP contribution in [0.1, 0.15) is 27.0 Å². The van der Waals surface area contributed by atoms with E-state index in [1.54, 1.807) is 24.5 Å². The van der Waals surface area contributed by atoms with Crippen molar-refractivity contribution in [1.82, 2.24) is 10.3 Å². The van der Waals surface area contributed by atoms with Crippen molar-refractivity contribution < 1.29 is 9.00 Å². The zero-order valence-corrected chi connectivity index (χ0v) is 16.0. The summed E-state index contributed by atoms with van der Waals surface area (Å²) < 4.78 is 15.5. The number of nitrogens with one attached hydrogen (secondary N) is 2. The van der Waals surface area contributed by atoms with Crippen LogP contribution in [0, 0.1) is 13.8 Å². The normalized spacial score (nSPS) is 11.6. The minimum absolute atomic E-state index is 0.188. The molecule has 0 fully saturated rings. The predicted octanol–water partition coefficient (Wildman–Crippen LogP) is 3.76. The molecule has 27 heavy (non-hydrogen) atoms. The van der Waals surface area contributed by atoms with Crippen LogP contribution < -0.4 is 10.0 Å². The quantitative estimate of drug-likeness (QED) is 0.685. The Morgan fingerprint density at radius 2 is 1.81 bits per heavy atom. The van der Waals surface area contributed by atoms with Gasteiger partial charge in [-0.15, -0.1) is 0 Å². The molecule has 0 spiro atoms. The van der Waals surface area contributed by atoms with Gasteiger partial charge >= 0.3 is 0 Å². The Bertz CT molecular complexity index is 957. The zero-order chi connectivity index (χ0) is 19.2. The molecule has 5 nitrogen and oxygen atoms in total. The maximum atomic E-state index is 12.5. The van der Waals surface area contributed by atoms with Crippen molar-refractivity contribution in [3.05, 3.63) is 89.2 Å². The summed E-state index contributed by atoms with van der Waals surface area (Å²) in [4.78, 5) is 17.2. The van der Waals surface area contributed by atoms with Crippen LogP contribution >= 0.6 is 0 Å². The molecule has 0 saturated carbocycles. The number of nitrogens with zero attached hydrogens (tertiary/aromatic N) is 1. The maximum Gasteiger partial charge on any atom is 0.251 e. The lowest BCUT2D eigenvalue weighted by Crippen LogP contribution is -2.23. The number of amides is 1. The molecular weight excluding hydrogens is 358 g/mol. The number of pyridine rings is 1. The van der Waals surface area contributed by atoms with Crippen molar-refractivity contribution in [2.24, 2.45) is 0 Å². The highest BCUT2D eigenvalue weighted by molar-refractivity contribution is 7.86. The second kappa shape index (κ2) is 8.60. The van der Waals surface area contributed by atoms with Gasteiger partial charge in [0.25, 0.3) is 5.91 Å². The Kier molecular flexibility index (Phi) is 5.98. The molecule has 1 unspecified atom stereocenters. The van der Waals surface area contributed by atoms with Crippen LogP contribution in [0.4, 0.5) is 5.69 Å². The van der Waals surface area contributed by atoms with Gasteiger partial charge in [-0.3, -0.25) is 9.78 Å². The minimum atomic E-state index is -1.40. The molecule has 3 rings (SSSR count). The number of carbonyl (C=O) groups excluding carboxylic acids is 1.